The molecule has 0 radical (unpaired) electrons. The van der Waals surface area contributed by atoms with Gasteiger partial charge in [-0.2, -0.15) is 0 Å². The number of hydrogen-bond acceptors (Lipinski definition) is 4. The molecule has 0 saturated heterocycles. The molecule has 6 heteroatoms. The summed E-state index contributed by atoms with van der Waals surface area (Å²) in [5.74, 6) is 0. The second kappa shape index (κ2) is 21.3. The molecule has 0 aliphatic rings. The fourth-order valence-corrected chi connectivity index (χ4v) is 4.12. The van der Waals surface area contributed by atoms with Gasteiger partial charge in [0.15, 0.2) is 0 Å². The van der Waals surface area contributed by atoms with Crippen LogP contribution in [0.2, 0.25) is 0 Å². The van der Waals surface area contributed by atoms with Crippen molar-refractivity contribution in [2.45, 2.75) is 123 Å². The van der Waals surface area contributed by atoms with Crippen LogP contribution in [0.25, 0.3) is 0 Å². The lowest BCUT2D eigenvalue weighted by atomic mass is 10.0. The van der Waals surface area contributed by atoms with Crippen LogP contribution in [-0.2, 0) is 18.6 Å². The van der Waals surface area contributed by atoms with Gasteiger partial charge in [-0.1, -0.05) is 90.4 Å². The van der Waals surface area contributed by atoms with Crippen LogP contribution in [0.4, 0.5) is 0 Å². The summed E-state index contributed by atoms with van der Waals surface area (Å²) in [4.78, 5) is 9.57. The molecule has 176 valence electrons. The molecule has 5 nitrogen and oxygen atoms in total. The van der Waals surface area contributed by atoms with Gasteiger partial charge in [0.2, 0.25) is 0 Å². The van der Waals surface area contributed by atoms with Crippen LogP contribution in [0.15, 0.2) is 0 Å². The van der Waals surface area contributed by atoms with Gasteiger partial charge in [-0.25, -0.2) is 0 Å². The SMILES string of the molecule is CCCCCCCCCCCCCCCCOCCCOP(=O)(O)COC(C)C. The highest BCUT2D eigenvalue weighted by Gasteiger charge is 2.19. The zero-order chi connectivity index (χ0) is 21.6. The Kier molecular flexibility index (Phi) is 21.4. The van der Waals surface area contributed by atoms with Crippen LogP contribution in [0, 0.1) is 0 Å². The number of hydrogen-bond donors (Lipinski definition) is 1. The fourth-order valence-electron chi connectivity index (χ4n) is 3.15. The van der Waals surface area contributed by atoms with Gasteiger partial charge in [-0.15, -0.1) is 0 Å². The first-order valence-electron chi connectivity index (χ1n) is 12.1. The summed E-state index contributed by atoms with van der Waals surface area (Å²) >= 11 is 0. The molecular weight excluding hydrogens is 387 g/mol. The molecule has 0 aromatic carbocycles. The van der Waals surface area contributed by atoms with Crippen molar-refractivity contribution < 1.29 is 23.5 Å². The molecule has 1 unspecified atom stereocenters. The molecule has 0 aromatic rings. The summed E-state index contributed by atoms with van der Waals surface area (Å²) in [6, 6.07) is 0. The van der Waals surface area contributed by atoms with Gasteiger partial charge in [0.1, 0.15) is 6.35 Å². The smallest absolute Gasteiger partial charge is 0.353 e. The first kappa shape index (κ1) is 29.1. The van der Waals surface area contributed by atoms with Gasteiger partial charge in [0.05, 0.1) is 12.7 Å². The molecule has 1 N–H and O–H groups in total. The topological polar surface area (TPSA) is 65.0 Å². The lowest BCUT2D eigenvalue weighted by Crippen LogP contribution is -2.07. The van der Waals surface area contributed by atoms with Crippen molar-refractivity contribution in [2.75, 3.05) is 26.2 Å². The number of rotatable bonds is 23. The normalized spacial score (nSPS) is 13.8. The standard InChI is InChI=1S/C23H49O5P/c1-4-5-6-7-8-9-10-11-12-13-14-15-16-17-19-26-20-18-21-28-29(24,25)22-27-23(2)3/h23H,4-22H2,1-3H3,(H,24,25). The molecule has 0 heterocycles. The van der Waals surface area contributed by atoms with Gasteiger partial charge in [0, 0.05) is 13.2 Å². The molecule has 0 fully saturated rings. The maximum atomic E-state index is 11.7. The molecular formula is C23H49O5P. The molecule has 0 aliphatic carbocycles. The largest absolute Gasteiger partial charge is 0.381 e. The minimum absolute atomic E-state index is 0.0764. The summed E-state index contributed by atoms with van der Waals surface area (Å²) in [5.41, 5.74) is 0. The van der Waals surface area contributed by atoms with Crippen LogP contribution in [0.5, 0.6) is 0 Å². The van der Waals surface area contributed by atoms with E-state index in [-0.39, 0.29) is 19.1 Å². The Morgan fingerprint density at radius 3 is 1.62 bits per heavy atom. The van der Waals surface area contributed by atoms with Crippen molar-refractivity contribution in [3.05, 3.63) is 0 Å². The lowest BCUT2D eigenvalue weighted by molar-refractivity contribution is 0.0881. The first-order valence-corrected chi connectivity index (χ1v) is 13.9. The highest BCUT2D eigenvalue weighted by atomic mass is 31.2. The Labute approximate surface area is 180 Å². The monoisotopic (exact) mass is 436 g/mol. The molecule has 29 heavy (non-hydrogen) atoms. The van der Waals surface area contributed by atoms with Gasteiger partial charge < -0.3 is 18.9 Å². The molecule has 0 bridgehead atoms. The number of ether oxygens (including phenoxy) is 2. The third-order valence-electron chi connectivity index (χ3n) is 4.94. The van der Waals surface area contributed by atoms with Gasteiger partial charge in [-0.3, -0.25) is 4.57 Å². The van der Waals surface area contributed by atoms with Crippen molar-refractivity contribution >= 4 is 7.60 Å². The van der Waals surface area contributed by atoms with E-state index in [1.165, 1.54) is 83.5 Å². The molecule has 0 saturated carbocycles. The van der Waals surface area contributed by atoms with Crippen molar-refractivity contribution in [1.29, 1.82) is 0 Å². The Bertz CT molecular complexity index is 376. The Morgan fingerprint density at radius 2 is 1.14 bits per heavy atom. The average Bonchev–Trinajstić information content (AvgIpc) is 2.68. The Balaban J connectivity index is 3.18. The Hall–Kier alpha value is 0.0700. The third kappa shape index (κ3) is 24.2. The molecule has 0 amide bonds. The van der Waals surface area contributed by atoms with Crippen molar-refractivity contribution in [3.63, 3.8) is 0 Å². The van der Waals surface area contributed by atoms with Crippen molar-refractivity contribution in [3.8, 4) is 0 Å². The molecule has 0 aliphatic heterocycles. The highest BCUT2D eigenvalue weighted by molar-refractivity contribution is 7.52. The maximum absolute atomic E-state index is 11.7. The van der Waals surface area contributed by atoms with E-state index in [0.717, 1.165) is 13.0 Å². The highest BCUT2D eigenvalue weighted by Crippen LogP contribution is 2.41. The van der Waals surface area contributed by atoms with E-state index in [2.05, 4.69) is 6.92 Å². The zero-order valence-electron chi connectivity index (χ0n) is 19.5. The third-order valence-corrected chi connectivity index (χ3v) is 6.00. The summed E-state index contributed by atoms with van der Waals surface area (Å²) in [6.07, 6.45) is 19.3. The van der Waals surface area contributed by atoms with Gasteiger partial charge >= 0.3 is 7.60 Å². The summed E-state index contributed by atoms with van der Waals surface area (Å²) in [5, 5.41) is 0. The maximum Gasteiger partial charge on any atom is 0.353 e. The predicted octanol–water partition coefficient (Wildman–Crippen LogP) is 7.46. The van der Waals surface area contributed by atoms with E-state index in [4.69, 9.17) is 14.0 Å². The van der Waals surface area contributed by atoms with Crippen LogP contribution in [-0.4, -0.2) is 37.2 Å². The minimum atomic E-state index is -3.62. The first-order chi connectivity index (χ1) is 14.0. The van der Waals surface area contributed by atoms with Gasteiger partial charge in [-0.05, 0) is 26.7 Å². The van der Waals surface area contributed by atoms with Crippen molar-refractivity contribution in [1.82, 2.24) is 0 Å². The van der Waals surface area contributed by atoms with Crippen LogP contribution < -0.4 is 0 Å². The quantitative estimate of drug-likeness (QED) is 0.133. The van der Waals surface area contributed by atoms with Crippen molar-refractivity contribution in [2.24, 2.45) is 0 Å². The van der Waals surface area contributed by atoms with Gasteiger partial charge in [0.25, 0.3) is 0 Å². The van der Waals surface area contributed by atoms with E-state index >= 15 is 0 Å². The summed E-state index contributed by atoms with van der Waals surface area (Å²) < 4.78 is 27.4. The molecule has 0 spiro atoms. The van der Waals surface area contributed by atoms with Crippen LogP contribution >= 0.6 is 7.60 Å². The second-order valence-corrected chi connectivity index (χ2v) is 10.2. The summed E-state index contributed by atoms with van der Waals surface area (Å²) in [6.45, 7) is 7.49. The van der Waals surface area contributed by atoms with E-state index in [9.17, 15) is 9.46 Å². The average molecular weight is 437 g/mol. The fraction of sp³-hybridized carbons (Fsp3) is 1.00. The Morgan fingerprint density at radius 1 is 0.690 bits per heavy atom. The van der Waals surface area contributed by atoms with E-state index in [0.29, 0.717) is 13.0 Å². The predicted molar refractivity (Wildman–Crippen MR) is 123 cm³/mol. The van der Waals surface area contributed by atoms with E-state index < -0.39 is 7.60 Å². The zero-order valence-corrected chi connectivity index (χ0v) is 20.4. The van der Waals surface area contributed by atoms with Crippen LogP contribution in [0.1, 0.15) is 117 Å². The number of unbranched alkanes of at least 4 members (excludes halogenated alkanes) is 13. The lowest BCUT2D eigenvalue weighted by Gasteiger charge is -2.14. The minimum Gasteiger partial charge on any atom is -0.381 e. The molecule has 1 atom stereocenters. The molecule has 0 rings (SSSR count). The second-order valence-electron chi connectivity index (χ2n) is 8.38. The van der Waals surface area contributed by atoms with E-state index in [1.807, 2.05) is 13.8 Å². The molecule has 0 aromatic heterocycles. The summed E-state index contributed by atoms with van der Waals surface area (Å²) in [7, 11) is -3.62. The van der Waals surface area contributed by atoms with Crippen LogP contribution in [0.3, 0.4) is 0 Å². The van der Waals surface area contributed by atoms with E-state index in [1.54, 1.807) is 0 Å².